The van der Waals surface area contributed by atoms with E-state index in [1.54, 1.807) is 59.1 Å². The zero-order valence-electron chi connectivity index (χ0n) is 16.9. The first-order valence-corrected chi connectivity index (χ1v) is 10.2. The van der Waals surface area contributed by atoms with Crippen molar-refractivity contribution in [1.82, 2.24) is 9.62 Å². The molecular formula is C19H24N4O5S. The minimum atomic E-state index is -3.91. The number of hydrogen-bond acceptors (Lipinski definition) is 6. The van der Waals surface area contributed by atoms with E-state index in [1.165, 1.54) is 17.0 Å². The number of hydrogen-bond donors (Lipinski definition) is 2. The molecule has 0 radical (unpaired) electrons. The zero-order valence-corrected chi connectivity index (χ0v) is 17.7. The van der Waals surface area contributed by atoms with Crippen molar-refractivity contribution in [3.05, 3.63) is 58.1 Å². The normalized spacial score (nSPS) is 11.8. The van der Waals surface area contributed by atoms with E-state index in [9.17, 15) is 23.3 Å². The van der Waals surface area contributed by atoms with Crippen LogP contribution in [0.25, 0.3) is 0 Å². The Kier molecular flexibility index (Phi) is 6.29. The number of nitrogens with one attached hydrogen (secondary N) is 2. The highest BCUT2D eigenvalue weighted by molar-refractivity contribution is 7.89. The average molecular weight is 420 g/mol. The summed E-state index contributed by atoms with van der Waals surface area (Å²) in [6.45, 7) is 5.04. The lowest BCUT2D eigenvalue weighted by atomic mass is 10.1. The van der Waals surface area contributed by atoms with Crippen LogP contribution in [-0.2, 0) is 10.0 Å². The molecule has 29 heavy (non-hydrogen) atoms. The van der Waals surface area contributed by atoms with Gasteiger partial charge in [0.2, 0.25) is 10.0 Å². The summed E-state index contributed by atoms with van der Waals surface area (Å²) >= 11 is 0. The molecule has 0 saturated carbocycles. The molecule has 0 bridgehead atoms. The first-order valence-electron chi connectivity index (χ1n) is 8.71. The quantitative estimate of drug-likeness (QED) is 0.547. The van der Waals surface area contributed by atoms with Gasteiger partial charge in [0.1, 0.15) is 5.69 Å². The Balaban J connectivity index is 2.35. The fourth-order valence-electron chi connectivity index (χ4n) is 2.51. The van der Waals surface area contributed by atoms with Crippen molar-refractivity contribution >= 4 is 33.0 Å². The number of sulfonamides is 1. The molecule has 0 unspecified atom stereocenters. The molecule has 10 heteroatoms. The number of rotatable bonds is 6. The molecule has 2 aromatic carbocycles. The van der Waals surface area contributed by atoms with Crippen LogP contribution in [0.5, 0.6) is 0 Å². The monoisotopic (exact) mass is 420 g/mol. The van der Waals surface area contributed by atoms with E-state index >= 15 is 0 Å². The van der Waals surface area contributed by atoms with Crippen LogP contribution in [0.3, 0.4) is 0 Å². The molecule has 1 amide bonds. The van der Waals surface area contributed by atoms with Gasteiger partial charge in [-0.25, -0.2) is 13.1 Å². The van der Waals surface area contributed by atoms with Gasteiger partial charge in [0.25, 0.3) is 11.6 Å². The third-order valence-electron chi connectivity index (χ3n) is 3.73. The second-order valence-corrected chi connectivity index (χ2v) is 9.38. The van der Waals surface area contributed by atoms with Crippen molar-refractivity contribution in [2.75, 3.05) is 19.4 Å². The minimum absolute atomic E-state index is 0.136. The third kappa shape index (κ3) is 5.75. The highest BCUT2D eigenvalue weighted by Gasteiger charge is 2.25. The van der Waals surface area contributed by atoms with Crippen LogP contribution in [0.2, 0.25) is 0 Å². The summed E-state index contributed by atoms with van der Waals surface area (Å²) in [4.78, 5) is 24.0. The van der Waals surface area contributed by atoms with Gasteiger partial charge in [-0.1, -0.05) is 0 Å². The Labute approximate surface area is 169 Å². The van der Waals surface area contributed by atoms with Crippen molar-refractivity contribution in [3.63, 3.8) is 0 Å². The van der Waals surface area contributed by atoms with E-state index in [0.29, 0.717) is 11.3 Å². The highest BCUT2D eigenvalue weighted by Crippen LogP contribution is 2.30. The Hall–Kier alpha value is -2.98. The van der Waals surface area contributed by atoms with Crippen molar-refractivity contribution in [1.29, 1.82) is 0 Å². The van der Waals surface area contributed by atoms with Gasteiger partial charge in [0.05, 0.1) is 9.82 Å². The largest absolute Gasteiger partial charge is 0.350 e. The summed E-state index contributed by atoms with van der Waals surface area (Å²) in [6.07, 6.45) is 0. The van der Waals surface area contributed by atoms with E-state index < -0.39 is 20.5 Å². The molecule has 2 aromatic rings. The number of carbonyl (C=O) groups is 1. The number of carbonyl (C=O) groups excluding carboxylic acids is 1. The molecule has 0 atom stereocenters. The van der Waals surface area contributed by atoms with Gasteiger partial charge >= 0.3 is 0 Å². The molecule has 0 aliphatic heterocycles. The first kappa shape index (κ1) is 22.3. The SMILES string of the molecule is CN(C)C(=O)c1ccc(Nc2ccc(S(=O)(=O)NC(C)(C)C)cc2[N+](=O)[O-])cc1. The summed E-state index contributed by atoms with van der Waals surface area (Å²) in [5.41, 5.74) is 0.0270. The lowest BCUT2D eigenvalue weighted by Gasteiger charge is -2.20. The van der Waals surface area contributed by atoms with Gasteiger partial charge in [-0.15, -0.1) is 0 Å². The van der Waals surface area contributed by atoms with Crippen LogP contribution in [0, 0.1) is 10.1 Å². The number of amides is 1. The fraction of sp³-hybridized carbons (Fsp3) is 0.316. The molecular weight excluding hydrogens is 396 g/mol. The molecule has 2 rings (SSSR count). The molecule has 0 spiro atoms. The van der Waals surface area contributed by atoms with Crippen LogP contribution < -0.4 is 10.0 Å². The summed E-state index contributed by atoms with van der Waals surface area (Å²) in [5.74, 6) is -0.163. The Morgan fingerprint density at radius 3 is 2.14 bits per heavy atom. The zero-order chi connectivity index (χ0) is 22.0. The number of nitrogens with zero attached hydrogens (tertiary/aromatic N) is 2. The summed E-state index contributed by atoms with van der Waals surface area (Å²) in [6, 6.07) is 10.1. The Morgan fingerprint density at radius 2 is 1.66 bits per heavy atom. The van der Waals surface area contributed by atoms with E-state index in [0.717, 1.165) is 6.07 Å². The second kappa shape index (κ2) is 8.18. The van der Waals surface area contributed by atoms with Gasteiger partial charge in [-0.2, -0.15) is 0 Å². The van der Waals surface area contributed by atoms with E-state index in [1.807, 2.05) is 0 Å². The van der Waals surface area contributed by atoms with Crippen molar-refractivity contribution in [2.24, 2.45) is 0 Å². The fourth-order valence-corrected chi connectivity index (χ4v) is 3.95. The van der Waals surface area contributed by atoms with Crippen molar-refractivity contribution in [2.45, 2.75) is 31.2 Å². The molecule has 0 saturated heterocycles. The summed E-state index contributed by atoms with van der Waals surface area (Å²) in [5, 5.41) is 14.4. The maximum atomic E-state index is 12.5. The highest BCUT2D eigenvalue weighted by atomic mass is 32.2. The molecule has 0 aromatic heterocycles. The second-order valence-electron chi connectivity index (χ2n) is 7.69. The minimum Gasteiger partial charge on any atom is -0.350 e. The van der Waals surface area contributed by atoms with Crippen LogP contribution in [-0.4, -0.2) is 43.8 Å². The van der Waals surface area contributed by atoms with Gasteiger partial charge in [-0.05, 0) is 57.2 Å². The van der Waals surface area contributed by atoms with Crippen molar-refractivity contribution < 1.29 is 18.1 Å². The molecule has 156 valence electrons. The van der Waals surface area contributed by atoms with Crippen LogP contribution >= 0.6 is 0 Å². The molecule has 2 N–H and O–H groups in total. The molecule has 0 aliphatic rings. The van der Waals surface area contributed by atoms with Gasteiger partial charge < -0.3 is 10.2 Å². The van der Waals surface area contributed by atoms with Gasteiger partial charge in [0.15, 0.2) is 0 Å². The molecule has 0 aliphatic carbocycles. The number of anilines is 2. The summed E-state index contributed by atoms with van der Waals surface area (Å²) < 4.78 is 27.4. The maximum Gasteiger partial charge on any atom is 0.294 e. The summed E-state index contributed by atoms with van der Waals surface area (Å²) in [7, 11) is -0.630. The van der Waals surface area contributed by atoms with Crippen LogP contribution in [0.15, 0.2) is 47.4 Å². The average Bonchev–Trinajstić information content (AvgIpc) is 2.59. The smallest absolute Gasteiger partial charge is 0.294 e. The van der Waals surface area contributed by atoms with Gasteiger partial charge in [0, 0.05) is 37.0 Å². The Bertz CT molecular complexity index is 1030. The Morgan fingerprint density at radius 1 is 1.07 bits per heavy atom. The van der Waals surface area contributed by atoms with E-state index in [-0.39, 0.29) is 22.2 Å². The van der Waals surface area contributed by atoms with E-state index in [4.69, 9.17) is 0 Å². The van der Waals surface area contributed by atoms with E-state index in [2.05, 4.69) is 10.0 Å². The predicted molar refractivity (Wildman–Crippen MR) is 111 cm³/mol. The van der Waals surface area contributed by atoms with Crippen molar-refractivity contribution in [3.8, 4) is 0 Å². The molecule has 0 fully saturated rings. The lowest BCUT2D eigenvalue weighted by molar-refractivity contribution is -0.384. The van der Waals surface area contributed by atoms with Gasteiger partial charge in [-0.3, -0.25) is 14.9 Å². The standard InChI is InChI=1S/C19H24N4O5S/c1-19(2,3)21-29(27,28)15-10-11-16(17(12-15)23(25)26)20-14-8-6-13(7-9-14)18(24)22(4)5/h6-12,20-21H,1-5H3. The number of nitro benzene ring substituents is 1. The lowest BCUT2D eigenvalue weighted by Crippen LogP contribution is -2.40. The maximum absolute atomic E-state index is 12.5. The van der Waals surface area contributed by atoms with Crippen LogP contribution in [0.1, 0.15) is 31.1 Å². The third-order valence-corrected chi connectivity index (χ3v) is 5.49. The first-order chi connectivity index (χ1) is 13.3. The molecule has 9 nitrogen and oxygen atoms in total. The van der Waals surface area contributed by atoms with Crippen LogP contribution in [0.4, 0.5) is 17.1 Å². The number of nitro groups is 1. The predicted octanol–water partition coefficient (Wildman–Crippen LogP) is 3.12. The topological polar surface area (TPSA) is 122 Å². The molecule has 0 heterocycles. The number of benzene rings is 2.